The smallest absolute Gasteiger partial charge is 0.306 e. The molecular formula is C27H46O6. The molecule has 13 atom stereocenters. The molecule has 0 amide bonds. The summed E-state index contributed by atoms with van der Waals surface area (Å²) in [6.07, 6.45) is 4.74. The fourth-order valence-electron chi connectivity index (χ4n) is 9.24. The predicted octanol–water partition coefficient (Wildman–Crippen LogP) is 3.45. The summed E-state index contributed by atoms with van der Waals surface area (Å²) in [6.45, 7) is 8.45. The molecule has 33 heavy (non-hydrogen) atoms. The van der Waals surface area contributed by atoms with Gasteiger partial charge in [-0.25, -0.2) is 0 Å². The molecule has 4 aliphatic carbocycles. The van der Waals surface area contributed by atoms with Crippen LogP contribution in [0.4, 0.5) is 0 Å². The van der Waals surface area contributed by atoms with Crippen LogP contribution in [0, 0.1) is 52.3 Å². The molecule has 6 heteroatoms. The summed E-state index contributed by atoms with van der Waals surface area (Å²) < 4.78 is 0. The van der Waals surface area contributed by atoms with E-state index in [9.17, 15) is 30.3 Å². The lowest BCUT2D eigenvalue weighted by Gasteiger charge is -2.64. The number of hydrogen-bond donors (Lipinski definition) is 5. The van der Waals surface area contributed by atoms with E-state index in [1.54, 1.807) is 6.92 Å². The van der Waals surface area contributed by atoms with Gasteiger partial charge in [0.2, 0.25) is 0 Å². The molecule has 4 rings (SSSR count). The van der Waals surface area contributed by atoms with Crippen molar-refractivity contribution in [1.82, 2.24) is 0 Å². The lowest BCUT2D eigenvalue weighted by atomic mass is 9.42. The Morgan fingerprint density at radius 3 is 2.27 bits per heavy atom. The second-order valence-electron chi connectivity index (χ2n) is 12.8. The maximum Gasteiger partial charge on any atom is 0.306 e. The van der Waals surface area contributed by atoms with E-state index < -0.39 is 30.4 Å². The van der Waals surface area contributed by atoms with Crippen molar-refractivity contribution in [2.45, 2.75) is 110 Å². The van der Waals surface area contributed by atoms with E-state index in [0.717, 1.165) is 38.5 Å². The van der Waals surface area contributed by atoms with Gasteiger partial charge in [-0.3, -0.25) is 4.79 Å². The van der Waals surface area contributed by atoms with Crippen LogP contribution in [-0.4, -0.2) is 55.9 Å². The van der Waals surface area contributed by atoms with Gasteiger partial charge in [0.15, 0.2) is 0 Å². The molecule has 4 fully saturated rings. The zero-order valence-electron chi connectivity index (χ0n) is 20.9. The molecule has 0 aliphatic heterocycles. The molecule has 0 aromatic carbocycles. The molecule has 0 saturated heterocycles. The number of aliphatic carboxylic acids is 1. The zero-order chi connectivity index (χ0) is 24.3. The molecule has 190 valence electrons. The summed E-state index contributed by atoms with van der Waals surface area (Å²) in [4.78, 5) is 11.2. The topological polar surface area (TPSA) is 118 Å². The van der Waals surface area contributed by atoms with Crippen LogP contribution in [0.5, 0.6) is 0 Å². The summed E-state index contributed by atoms with van der Waals surface area (Å²) in [5, 5.41) is 53.6. The monoisotopic (exact) mass is 466 g/mol. The van der Waals surface area contributed by atoms with Gasteiger partial charge in [-0.1, -0.05) is 40.5 Å². The highest BCUT2D eigenvalue weighted by atomic mass is 16.4. The molecule has 0 heterocycles. The lowest BCUT2D eigenvalue weighted by Crippen LogP contribution is -2.66. The highest BCUT2D eigenvalue weighted by molar-refractivity contribution is 5.69. The highest BCUT2D eigenvalue weighted by Crippen LogP contribution is 2.68. The molecule has 0 bridgehead atoms. The molecule has 1 unspecified atom stereocenters. The number of aliphatic hydroxyl groups excluding tert-OH is 4. The first-order chi connectivity index (χ1) is 15.4. The molecule has 0 spiro atoms. The Morgan fingerprint density at radius 1 is 0.909 bits per heavy atom. The fraction of sp³-hybridized carbons (Fsp3) is 0.963. The van der Waals surface area contributed by atoms with Gasteiger partial charge >= 0.3 is 5.97 Å². The molecular weight excluding hydrogens is 420 g/mol. The van der Waals surface area contributed by atoms with Crippen LogP contribution in [0.25, 0.3) is 0 Å². The average Bonchev–Trinajstić information content (AvgIpc) is 3.12. The molecule has 0 radical (unpaired) electrons. The Bertz CT molecular complexity index is 727. The SMILES string of the molecule is CC(CCC[C@@H](C)[C@H]1CC[C@H]2[C@@H]3[C@H](O)[C@H](O)[C@@H]4C[C@H](O)CC[C@]4(C)[C@H]3C[C@H](O)[C@]12C)C(=O)O. The third-order valence-electron chi connectivity index (χ3n) is 11.3. The Kier molecular flexibility index (Phi) is 6.98. The van der Waals surface area contributed by atoms with Crippen molar-refractivity contribution < 1.29 is 30.3 Å². The van der Waals surface area contributed by atoms with Gasteiger partial charge in [-0.15, -0.1) is 0 Å². The van der Waals surface area contributed by atoms with Crippen molar-refractivity contribution in [1.29, 1.82) is 0 Å². The van der Waals surface area contributed by atoms with E-state index in [2.05, 4.69) is 20.8 Å². The number of rotatable bonds is 6. The van der Waals surface area contributed by atoms with Gasteiger partial charge in [0, 0.05) is 0 Å². The number of hydrogen-bond acceptors (Lipinski definition) is 5. The third kappa shape index (κ3) is 3.97. The van der Waals surface area contributed by atoms with Gasteiger partial charge in [0.05, 0.1) is 30.3 Å². The van der Waals surface area contributed by atoms with Gasteiger partial charge in [-0.05, 0) is 91.3 Å². The van der Waals surface area contributed by atoms with E-state index in [1.807, 2.05) is 0 Å². The van der Waals surface area contributed by atoms with E-state index >= 15 is 0 Å². The van der Waals surface area contributed by atoms with Crippen molar-refractivity contribution in [3.8, 4) is 0 Å². The summed E-state index contributed by atoms with van der Waals surface area (Å²) in [5.74, 6) is -0.163. The summed E-state index contributed by atoms with van der Waals surface area (Å²) in [6, 6.07) is 0. The molecule has 4 saturated carbocycles. The molecule has 6 nitrogen and oxygen atoms in total. The van der Waals surface area contributed by atoms with Crippen LogP contribution >= 0.6 is 0 Å². The van der Waals surface area contributed by atoms with Crippen LogP contribution in [-0.2, 0) is 4.79 Å². The minimum atomic E-state index is -0.820. The second-order valence-corrected chi connectivity index (χ2v) is 12.8. The average molecular weight is 467 g/mol. The number of carboxylic acid groups (broad SMARTS) is 1. The largest absolute Gasteiger partial charge is 0.481 e. The van der Waals surface area contributed by atoms with Crippen molar-refractivity contribution in [2.24, 2.45) is 52.3 Å². The molecule has 5 N–H and O–H groups in total. The van der Waals surface area contributed by atoms with E-state index in [1.165, 1.54) is 0 Å². The number of carboxylic acids is 1. The zero-order valence-corrected chi connectivity index (χ0v) is 20.9. The summed E-state index contributed by atoms with van der Waals surface area (Å²) >= 11 is 0. The van der Waals surface area contributed by atoms with Crippen LogP contribution in [0.15, 0.2) is 0 Å². The van der Waals surface area contributed by atoms with Crippen LogP contribution in [0.1, 0.15) is 85.5 Å². The number of carbonyl (C=O) groups is 1. The second kappa shape index (κ2) is 9.07. The maximum atomic E-state index is 11.6. The predicted molar refractivity (Wildman–Crippen MR) is 125 cm³/mol. The number of fused-ring (bicyclic) bond motifs is 5. The summed E-state index contributed by atoms with van der Waals surface area (Å²) in [5.41, 5.74) is -0.460. The Morgan fingerprint density at radius 2 is 1.61 bits per heavy atom. The van der Waals surface area contributed by atoms with E-state index in [0.29, 0.717) is 31.1 Å². The normalized spacial score (nSPS) is 51.2. The first-order valence-corrected chi connectivity index (χ1v) is 13.4. The minimum Gasteiger partial charge on any atom is -0.481 e. The molecule has 0 aromatic rings. The molecule has 4 aliphatic rings. The maximum absolute atomic E-state index is 11.6. The lowest BCUT2D eigenvalue weighted by molar-refractivity contribution is -0.243. The van der Waals surface area contributed by atoms with Gasteiger partial charge in [-0.2, -0.15) is 0 Å². The van der Waals surface area contributed by atoms with Crippen molar-refractivity contribution in [3.63, 3.8) is 0 Å². The van der Waals surface area contributed by atoms with E-state index in [4.69, 9.17) is 0 Å². The minimum absolute atomic E-state index is 0.0193. The first kappa shape index (κ1) is 25.4. The Labute approximate surface area is 198 Å². The quantitative estimate of drug-likeness (QED) is 0.409. The van der Waals surface area contributed by atoms with Crippen molar-refractivity contribution in [3.05, 3.63) is 0 Å². The van der Waals surface area contributed by atoms with Gasteiger partial charge in [0.25, 0.3) is 0 Å². The first-order valence-electron chi connectivity index (χ1n) is 13.4. The Balaban J connectivity index is 1.54. The Hall–Kier alpha value is -0.690. The van der Waals surface area contributed by atoms with Gasteiger partial charge < -0.3 is 25.5 Å². The summed E-state index contributed by atoms with van der Waals surface area (Å²) in [7, 11) is 0. The van der Waals surface area contributed by atoms with Gasteiger partial charge in [0.1, 0.15) is 0 Å². The van der Waals surface area contributed by atoms with E-state index in [-0.39, 0.29) is 40.4 Å². The van der Waals surface area contributed by atoms with Crippen molar-refractivity contribution in [2.75, 3.05) is 0 Å². The highest BCUT2D eigenvalue weighted by Gasteiger charge is 2.67. The molecule has 0 aromatic heterocycles. The van der Waals surface area contributed by atoms with Crippen LogP contribution in [0.3, 0.4) is 0 Å². The standard InChI is InChI=1S/C27H46O6/c1-14(6-5-7-15(2)25(32)33)17-8-9-18-22-19(13-21(29)27(17,18)4)26(3)11-10-16(28)12-20(26)23(30)24(22)31/h14-24,28-31H,5-13H2,1-4H3,(H,32,33)/t14-,15?,16-,17-,18+,19+,20+,21+,22+,23-,24+,26-,27-/m1/s1. The third-order valence-corrected chi connectivity index (χ3v) is 11.3. The number of aliphatic hydroxyl groups is 4. The fourth-order valence-corrected chi connectivity index (χ4v) is 9.24. The van der Waals surface area contributed by atoms with Crippen LogP contribution in [0.2, 0.25) is 0 Å². The van der Waals surface area contributed by atoms with Crippen LogP contribution < -0.4 is 0 Å². The van der Waals surface area contributed by atoms with Crippen molar-refractivity contribution >= 4 is 5.97 Å².